The number of nitrogens with zero attached hydrogens (tertiary/aromatic N) is 3. The van der Waals surface area contributed by atoms with Crippen LogP contribution in [0.5, 0.6) is 5.75 Å². The molecule has 0 unspecified atom stereocenters. The molecule has 1 aliphatic rings. The average molecular weight is 415 g/mol. The minimum absolute atomic E-state index is 0.200. The summed E-state index contributed by atoms with van der Waals surface area (Å²) < 4.78 is 8.03. The maximum Gasteiger partial charge on any atom is 0.150 e. The van der Waals surface area contributed by atoms with E-state index >= 15 is 0 Å². The van der Waals surface area contributed by atoms with Crippen molar-refractivity contribution in [2.75, 3.05) is 5.73 Å². The Kier molecular flexibility index (Phi) is 4.87. The summed E-state index contributed by atoms with van der Waals surface area (Å²) in [7, 11) is 0. The first-order valence-electron chi connectivity index (χ1n) is 10.7. The molecule has 5 rings (SSSR count). The summed E-state index contributed by atoms with van der Waals surface area (Å²) >= 11 is 0. The van der Waals surface area contributed by atoms with Gasteiger partial charge in [-0.3, -0.25) is 4.40 Å². The summed E-state index contributed by atoms with van der Waals surface area (Å²) in [6.07, 6.45) is 5.77. The van der Waals surface area contributed by atoms with E-state index in [1.807, 2.05) is 72.1 Å². The van der Waals surface area contributed by atoms with Crippen molar-refractivity contribution in [1.82, 2.24) is 14.4 Å². The third-order valence-electron chi connectivity index (χ3n) is 6.24. The van der Waals surface area contributed by atoms with Gasteiger partial charge in [-0.15, -0.1) is 0 Å². The molecule has 2 aromatic carbocycles. The Morgan fingerprint density at radius 3 is 2.74 bits per heavy atom. The van der Waals surface area contributed by atoms with E-state index in [1.54, 1.807) is 6.20 Å². The van der Waals surface area contributed by atoms with Gasteiger partial charge < -0.3 is 15.6 Å². The minimum Gasteiger partial charge on any atom is -0.489 e. The van der Waals surface area contributed by atoms with Crippen LogP contribution in [0.2, 0.25) is 0 Å². The van der Waals surface area contributed by atoms with Crippen LogP contribution in [-0.2, 0) is 6.61 Å². The Morgan fingerprint density at radius 1 is 1.16 bits per heavy atom. The van der Waals surface area contributed by atoms with Crippen molar-refractivity contribution < 1.29 is 9.84 Å². The Balaban J connectivity index is 1.49. The van der Waals surface area contributed by atoms with Gasteiger partial charge in [0, 0.05) is 23.9 Å². The number of hydrogen-bond donors (Lipinski definition) is 2. The summed E-state index contributed by atoms with van der Waals surface area (Å²) in [4.78, 5) is 9.27. The molecule has 1 aliphatic carbocycles. The number of nitrogens with two attached hydrogens (primary N) is 1. The molecule has 4 aromatic rings. The van der Waals surface area contributed by atoms with Gasteiger partial charge in [0.1, 0.15) is 35.2 Å². The normalized spacial score (nSPS) is 20.5. The highest BCUT2D eigenvalue weighted by atomic mass is 16.5. The summed E-state index contributed by atoms with van der Waals surface area (Å²) in [6, 6.07) is 18.0. The minimum atomic E-state index is -0.583. The van der Waals surface area contributed by atoms with Gasteiger partial charge in [-0.05, 0) is 37.0 Å². The molecule has 6 nitrogen and oxygen atoms in total. The molecule has 31 heavy (non-hydrogen) atoms. The van der Waals surface area contributed by atoms with Crippen LogP contribution in [0.15, 0.2) is 67.0 Å². The van der Waals surface area contributed by atoms with Gasteiger partial charge in [0.2, 0.25) is 0 Å². The van der Waals surface area contributed by atoms with Crippen molar-refractivity contribution in [3.8, 4) is 17.0 Å². The standard InChI is InChI=1S/C25H26N4O2/c1-2-25(30)14-19(15-25)24-28-21(22-23(26)27-11-12-29(22)24)18-9-6-10-20(13-18)31-16-17-7-4-3-5-8-17/h3-13,19,30H,2,14-16H2,1H3,(H2,26,27). The van der Waals surface area contributed by atoms with Crippen LogP contribution in [-0.4, -0.2) is 25.1 Å². The molecule has 2 aromatic heterocycles. The highest BCUT2D eigenvalue weighted by Gasteiger charge is 2.44. The van der Waals surface area contributed by atoms with Crippen molar-refractivity contribution in [3.63, 3.8) is 0 Å². The molecule has 0 radical (unpaired) electrons. The van der Waals surface area contributed by atoms with E-state index in [0.717, 1.165) is 40.3 Å². The first-order chi connectivity index (χ1) is 15.1. The largest absolute Gasteiger partial charge is 0.489 e. The van der Waals surface area contributed by atoms with Crippen LogP contribution in [0.25, 0.3) is 16.8 Å². The molecule has 0 amide bonds. The number of rotatable bonds is 6. The van der Waals surface area contributed by atoms with Crippen LogP contribution < -0.4 is 10.5 Å². The molecule has 0 saturated heterocycles. The highest BCUT2D eigenvalue weighted by Crippen LogP contribution is 2.47. The maximum atomic E-state index is 10.5. The summed E-state index contributed by atoms with van der Waals surface area (Å²) in [5, 5.41) is 10.5. The van der Waals surface area contributed by atoms with Crippen LogP contribution in [0, 0.1) is 0 Å². The van der Waals surface area contributed by atoms with Crippen LogP contribution in [0.4, 0.5) is 5.82 Å². The quantitative estimate of drug-likeness (QED) is 0.482. The van der Waals surface area contributed by atoms with Crippen molar-refractivity contribution in [1.29, 1.82) is 0 Å². The summed E-state index contributed by atoms with van der Waals surface area (Å²) in [5.41, 5.74) is 9.31. The Hall–Kier alpha value is -3.38. The maximum absolute atomic E-state index is 10.5. The number of benzene rings is 2. The second kappa shape index (κ2) is 7.71. The third kappa shape index (κ3) is 3.64. The lowest BCUT2D eigenvalue weighted by Gasteiger charge is -2.42. The van der Waals surface area contributed by atoms with E-state index in [2.05, 4.69) is 4.98 Å². The van der Waals surface area contributed by atoms with Crippen molar-refractivity contribution >= 4 is 11.3 Å². The van der Waals surface area contributed by atoms with Gasteiger partial charge in [-0.25, -0.2) is 9.97 Å². The number of ether oxygens (including phenoxy) is 1. The monoisotopic (exact) mass is 414 g/mol. The van der Waals surface area contributed by atoms with Gasteiger partial charge in [-0.2, -0.15) is 0 Å². The smallest absolute Gasteiger partial charge is 0.150 e. The topological polar surface area (TPSA) is 85.7 Å². The molecule has 158 valence electrons. The number of nitrogen functional groups attached to an aromatic ring is 1. The molecule has 3 N–H and O–H groups in total. The zero-order valence-corrected chi connectivity index (χ0v) is 17.5. The molecule has 2 heterocycles. The second-order valence-electron chi connectivity index (χ2n) is 8.33. The van der Waals surface area contributed by atoms with Crippen molar-refractivity contribution in [2.24, 2.45) is 0 Å². The molecule has 0 bridgehead atoms. The Bertz CT molecular complexity index is 1210. The van der Waals surface area contributed by atoms with E-state index in [0.29, 0.717) is 25.3 Å². The summed E-state index contributed by atoms with van der Waals surface area (Å²) in [6.45, 7) is 2.52. The first kappa shape index (κ1) is 19.6. The fourth-order valence-corrected chi connectivity index (χ4v) is 4.38. The number of imidazole rings is 1. The first-order valence-corrected chi connectivity index (χ1v) is 10.7. The van der Waals surface area contributed by atoms with Gasteiger partial charge >= 0.3 is 0 Å². The molecular formula is C25H26N4O2. The Labute approximate surface area is 181 Å². The molecule has 0 atom stereocenters. The van der Waals surface area contributed by atoms with E-state index in [9.17, 15) is 5.11 Å². The lowest BCUT2D eigenvalue weighted by Crippen LogP contribution is -2.42. The van der Waals surface area contributed by atoms with E-state index in [4.69, 9.17) is 15.5 Å². The van der Waals surface area contributed by atoms with Gasteiger partial charge in [0.25, 0.3) is 0 Å². The fraction of sp³-hybridized carbons (Fsp3) is 0.280. The molecule has 1 fully saturated rings. The van der Waals surface area contributed by atoms with E-state index < -0.39 is 5.60 Å². The van der Waals surface area contributed by atoms with Crippen molar-refractivity contribution in [3.05, 3.63) is 78.4 Å². The lowest BCUT2D eigenvalue weighted by molar-refractivity contribution is -0.0536. The zero-order chi connectivity index (χ0) is 21.4. The predicted molar refractivity (Wildman–Crippen MR) is 121 cm³/mol. The molecular weight excluding hydrogens is 388 g/mol. The van der Waals surface area contributed by atoms with E-state index in [1.165, 1.54) is 0 Å². The number of anilines is 1. The molecule has 0 spiro atoms. The summed E-state index contributed by atoms with van der Waals surface area (Å²) in [5.74, 6) is 2.34. The SMILES string of the molecule is CCC1(O)CC(c2nc(-c3cccc(OCc4ccccc4)c3)c3c(N)nccn23)C1. The Morgan fingerprint density at radius 2 is 1.97 bits per heavy atom. The van der Waals surface area contributed by atoms with Crippen LogP contribution >= 0.6 is 0 Å². The van der Waals surface area contributed by atoms with Crippen LogP contribution in [0.3, 0.4) is 0 Å². The number of hydrogen-bond acceptors (Lipinski definition) is 5. The number of fused-ring (bicyclic) bond motifs is 1. The van der Waals surface area contributed by atoms with E-state index in [-0.39, 0.29) is 5.92 Å². The average Bonchev–Trinajstić information content (AvgIpc) is 3.17. The van der Waals surface area contributed by atoms with Gasteiger partial charge in [0.05, 0.1) is 5.60 Å². The lowest BCUT2D eigenvalue weighted by atomic mass is 9.69. The highest BCUT2D eigenvalue weighted by molar-refractivity contribution is 5.85. The second-order valence-corrected chi connectivity index (χ2v) is 8.33. The molecule has 6 heteroatoms. The fourth-order valence-electron chi connectivity index (χ4n) is 4.38. The number of aliphatic hydroxyl groups is 1. The van der Waals surface area contributed by atoms with Gasteiger partial charge in [-0.1, -0.05) is 49.4 Å². The number of aromatic nitrogens is 3. The molecule has 1 saturated carbocycles. The zero-order valence-electron chi connectivity index (χ0n) is 17.5. The third-order valence-corrected chi connectivity index (χ3v) is 6.24. The van der Waals surface area contributed by atoms with Crippen LogP contribution in [0.1, 0.15) is 43.5 Å². The predicted octanol–water partition coefficient (Wildman–Crippen LogP) is 4.58. The molecule has 0 aliphatic heterocycles. The van der Waals surface area contributed by atoms with Crippen molar-refractivity contribution in [2.45, 2.75) is 44.3 Å². The van der Waals surface area contributed by atoms with Gasteiger partial charge in [0.15, 0.2) is 0 Å².